The van der Waals surface area contributed by atoms with E-state index in [0.717, 1.165) is 40.2 Å². The Labute approximate surface area is 176 Å². The molecule has 5 aromatic rings. The number of aromatic nitrogens is 5. The van der Waals surface area contributed by atoms with Gasteiger partial charge < -0.3 is 5.32 Å². The van der Waals surface area contributed by atoms with E-state index in [1.54, 1.807) is 16.9 Å². The number of hydrogen-bond donors (Lipinski definition) is 1. The average molecular weight is 414 g/mol. The maximum atomic E-state index is 13.6. The van der Waals surface area contributed by atoms with Crippen LogP contribution in [-0.2, 0) is 0 Å². The van der Waals surface area contributed by atoms with Crippen LogP contribution in [0.5, 0.6) is 0 Å². The first-order valence-corrected chi connectivity index (χ1v) is 9.56. The molecule has 0 atom stereocenters. The summed E-state index contributed by atoms with van der Waals surface area (Å²) in [7, 11) is 0. The number of anilines is 2. The highest BCUT2D eigenvalue weighted by Gasteiger charge is 2.19. The van der Waals surface area contributed by atoms with Crippen molar-refractivity contribution in [3.63, 3.8) is 0 Å². The Hall–Kier alpha value is -4.20. The van der Waals surface area contributed by atoms with Crippen molar-refractivity contribution in [1.29, 1.82) is 0 Å². The lowest BCUT2D eigenvalue weighted by Gasteiger charge is -2.08. The molecule has 0 radical (unpaired) electrons. The second-order valence-corrected chi connectivity index (χ2v) is 6.96. The van der Waals surface area contributed by atoms with Crippen molar-refractivity contribution in [3.8, 4) is 22.5 Å². The molecule has 31 heavy (non-hydrogen) atoms. The highest BCUT2D eigenvalue weighted by Crippen LogP contribution is 2.34. The van der Waals surface area contributed by atoms with E-state index in [2.05, 4.69) is 25.5 Å². The molecule has 0 aliphatic heterocycles. The maximum Gasteiger partial charge on any atom is 0.227 e. The van der Waals surface area contributed by atoms with Crippen LogP contribution in [0, 0.1) is 18.6 Å². The third kappa shape index (κ3) is 3.59. The molecular weight excluding hydrogens is 398 g/mol. The van der Waals surface area contributed by atoms with E-state index in [1.807, 2.05) is 49.4 Å². The number of nitrogens with zero attached hydrogens (tertiary/aromatic N) is 5. The van der Waals surface area contributed by atoms with Gasteiger partial charge in [-0.25, -0.2) is 18.7 Å². The molecule has 3 heterocycles. The first-order chi connectivity index (χ1) is 15.1. The lowest BCUT2D eigenvalue weighted by atomic mass is 10.0. The highest BCUT2D eigenvalue weighted by molar-refractivity contribution is 5.90. The third-order valence-electron chi connectivity index (χ3n) is 4.77. The van der Waals surface area contributed by atoms with E-state index in [1.165, 1.54) is 6.07 Å². The normalized spacial score (nSPS) is 11.1. The molecule has 0 amide bonds. The van der Waals surface area contributed by atoms with Gasteiger partial charge in [0.25, 0.3) is 0 Å². The molecular formula is C23H16F2N6. The first-order valence-electron chi connectivity index (χ1n) is 9.56. The number of aryl methyl sites for hydroxylation is 1. The summed E-state index contributed by atoms with van der Waals surface area (Å²) in [5.74, 6) is -1.61. The standard InChI is InChI=1S/C23H16F2N6/c1-14-7-10-20-21(22(30-31(20)29-14)15-5-3-2-4-6-15)19-11-12-26-23(28-19)27-16-8-9-17(24)18(25)13-16/h2-13H,1H3,(H,26,27,28). The second-order valence-electron chi connectivity index (χ2n) is 6.96. The van der Waals surface area contributed by atoms with Crippen molar-refractivity contribution in [2.45, 2.75) is 6.92 Å². The van der Waals surface area contributed by atoms with Gasteiger partial charge in [-0.1, -0.05) is 30.3 Å². The summed E-state index contributed by atoms with van der Waals surface area (Å²) in [5, 5.41) is 12.1. The van der Waals surface area contributed by atoms with Crippen LogP contribution in [-0.4, -0.2) is 24.8 Å². The van der Waals surface area contributed by atoms with Gasteiger partial charge in [-0.05, 0) is 37.3 Å². The number of nitrogens with one attached hydrogen (secondary N) is 1. The van der Waals surface area contributed by atoms with Crippen molar-refractivity contribution >= 4 is 17.2 Å². The van der Waals surface area contributed by atoms with E-state index >= 15 is 0 Å². The predicted molar refractivity (Wildman–Crippen MR) is 114 cm³/mol. The summed E-state index contributed by atoms with van der Waals surface area (Å²) in [4.78, 5) is 8.81. The lowest BCUT2D eigenvalue weighted by Crippen LogP contribution is -1.99. The molecule has 6 nitrogen and oxygen atoms in total. The summed E-state index contributed by atoms with van der Waals surface area (Å²) < 4.78 is 28.4. The van der Waals surface area contributed by atoms with Crippen molar-refractivity contribution in [1.82, 2.24) is 24.8 Å². The Morgan fingerprint density at radius 1 is 0.871 bits per heavy atom. The number of hydrogen-bond acceptors (Lipinski definition) is 5. The largest absolute Gasteiger partial charge is 0.324 e. The van der Waals surface area contributed by atoms with Crippen LogP contribution in [0.3, 0.4) is 0 Å². The Morgan fingerprint density at radius 3 is 2.52 bits per heavy atom. The zero-order valence-electron chi connectivity index (χ0n) is 16.4. The molecule has 0 fully saturated rings. The van der Waals surface area contributed by atoms with Gasteiger partial charge in [-0.3, -0.25) is 0 Å². The first kappa shape index (κ1) is 18.8. The molecule has 0 saturated carbocycles. The van der Waals surface area contributed by atoms with E-state index in [9.17, 15) is 8.78 Å². The fraction of sp³-hybridized carbons (Fsp3) is 0.0435. The van der Waals surface area contributed by atoms with Crippen LogP contribution >= 0.6 is 0 Å². The molecule has 0 unspecified atom stereocenters. The topological polar surface area (TPSA) is 68.0 Å². The van der Waals surface area contributed by atoms with Gasteiger partial charge in [-0.15, -0.1) is 5.10 Å². The minimum Gasteiger partial charge on any atom is -0.324 e. The molecule has 5 rings (SSSR count). The summed E-state index contributed by atoms with van der Waals surface area (Å²) >= 11 is 0. The van der Waals surface area contributed by atoms with Crippen LogP contribution in [0.2, 0.25) is 0 Å². The Bertz CT molecular complexity index is 1400. The summed E-state index contributed by atoms with van der Waals surface area (Å²) in [5.41, 5.74) is 5.06. The Morgan fingerprint density at radius 2 is 1.71 bits per heavy atom. The fourth-order valence-electron chi connectivity index (χ4n) is 3.34. The third-order valence-corrected chi connectivity index (χ3v) is 4.77. The van der Waals surface area contributed by atoms with Crippen LogP contribution in [0.4, 0.5) is 20.4 Å². The minimum atomic E-state index is -0.948. The highest BCUT2D eigenvalue weighted by atomic mass is 19.2. The number of rotatable bonds is 4. The summed E-state index contributed by atoms with van der Waals surface area (Å²) in [6.07, 6.45) is 1.60. The molecule has 1 N–H and O–H groups in total. The number of benzene rings is 2. The van der Waals surface area contributed by atoms with Crippen LogP contribution in [0.15, 0.2) is 72.9 Å². The Balaban J connectivity index is 1.63. The quantitative estimate of drug-likeness (QED) is 0.439. The van der Waals surface area contributed by atoms with Gasteiger partial charge in [-0.2, -0.15) is 9.73 Å². The molecule has 0 bridgehead atoms. The molecule has 2 aromatic carbocycles. The predicted octanol–water partition coefficient (Wildman–Crippen LogP) is 5.18. The second kappa shape index (κ2) is 7.56. The summed E-state index contributed by atoms with van der Waals surface area (Å²) in [6, 6.07) is 18.9. The SMILES string of the molecule is Cc1ccc2c(-c3ccnc(Nc4ccc(F)c(F)c4)n3)c(-c3ccccc3)nn2n1. The number of halogens is 2. The van der Waals surface area contributed by atoms with E-state index in [4.69, 9.17) is 0 Å². The fourth-order valence-corrected chi connectivity index (χ4v) is 3.34. The van der Waals surface area contributed by atoms with Gasteiger partial charge >= 0.3 is 0 Å². The van der Waals surface area contributed by atoms with E-state index < -0.39 is 11.6 Å². The zero-order valence-corrected chi connectivity index (χ0v) is 16.4. The van der Waals surface area contributed by atoms with Crippen LogP contribution < -0.4 is 5.32 Å². The molecule has 3 aromatic heterocycles. The summed E-state index contributed by atoms with van der Waals surface area (Å²) in [6.45, 7) is 1.90. The Kier molecular flexibility index (Phi) is 4.59. The van der Waals surface area contributed by atoms with E-state index in [0.29, 0.717) is 11.4 Å². The molecule has 0 saturated heterocycles. The average Bonchev–Trinajstić information content (AvgIpc) is 3.16. The van der Waals surface area contributed by atoms with Crippen molar-refractivity contribution < 1.29 is 8.78 Å². The van der Waals surface area contributed by atoms with Crippen LogP contribution in [0.1, 0.15) is 5.69 Å². The van der Waals surface area contributed by atoms with E-state index in [-0.39, 0.29) is 5.95 Å². The molecule has 0 spiro atoms. The van der Waals surface area contributed by atoms with Gasteiger partial charge in [0.05, 0.1) is 22.5 Å². The van der Waals surface area contributed by atoms with Gasteiger partial charge in [0, 0.05) is 23.5 Å². The molecule has 0 aliphatic rings. The molecule has 8 heteroatoms. The monoisotopic (exact) mass is 414 g/mol. The maximum absolute atomic E-state index is 13.6. The van der Waals surface area contributed by atoms with Crippen molar-refractivity contribution in [2.24, 2.45) is 0 Å². The smallest absolute Gasteiger partial charge is 0.227 e. The van der Waals surface area contributed by atoms with Crippen molar-refractivity contribution in [3.05, 3.63) is 90.3 Å². The molecule has 152 valence electrons. The van der Waals surface area contributed by atoms with Crippen LogP contribution in [0.25, 0.3) is 28.0 Å². The number of fused-ring (bicyclic) bond motifs is 1. The van der Waals surface area contributed by atoms with Gasteiger partial charge in [0.15, 0.2) is 11.6 Å². The van der Waals surface area contributed by atoms with Gasteiger partial charge in [0.1, 0.15) is 5.69 Å². The lowest BCUT2D eigenvalue weighted by molar-refractivity contribution is 0.509. The minimum absolute atomic E-state index is 0.252. The zero-order chi connectivity index (χ0) is 21.4. The molecule has 0 aliphatic carbocycles. The van der Waals surface area contributed by atoms with Crippen molar-refractivity contribution in [2.75, 3.05) is 5.32 Å². The van der Waals surface area contributed by atoms with Gasteiger partial charge in [0.2, 0.25) is 5.95 Å².